The predicted octanol–water partition coefficient (Wildman–Crippen LogP) is 0.989. The second-order valence-electron chi connectivity index (χ2n) is 5.47. The van der Waals surface area contributed by atoms with Crippen molar-refractivity contribution < 1.29 is 0 Å². The van der Waals surface area contributed by atoms with E-state index in [0.717, 1.165) is 9.84 Å². The highest BCUT2D eigenvalue weighted by molar-refractivity contribution is 14.1. The topological polar surface area (TPSA) is 9.72 Å². The highest BCUT2D eigenvalue weighted by Crippen LogP contribution is 2.15. The van der Waals surface area contributed by atoms with Gasteiger partial charge in [-0.2, -0.15) is 0 Å². The third-order valence-electron chi connectivity index (χ3n) is 3.63. The summed E-state index contributed by atoms with van der Waals surface area (Å²) in [6.07, 6.45) is 0. The van der Waals surface area contributed by atoms with Crippen molar-refractivity contribution in [2.75, 3.05) is 59.4 Å². The number of halogens is 1. The molecule has 0 radical (unpaired) electrons. The van der Waals surface area contributed by atoms with E-state index in [-0.39, 0.29) is 0 Å². The third kappa shape index (κ3) is 3.82. The summed E-state index contributed by atoms with van der Waals surface area (Å²) in [5, 5.41) is 0. The minimum absolute atomic E-state index is 0.782. The fourth-order valence-corrected chi connectivity index (χ4v) is 3.38. The first-order valence-electron chi connectivity index (χ1n) is 6.41. The number of piperazine rings is 1. The fourth-order valence-electron chi connectivity index (χ4n) is 2.82. The van der Waals surface area contributed by atoms with Gasteiger partial charge in [-0.1, -0.05) is 29.5 Å². The lowest BCUT2D eigenvalue weighted by Crippen LogP contribution is -2.54. The van der Waals surface area contributed by atoms with Gasteiger partial charge in [0.15, 0.2) is 0 Å². The van der Waals surface area contributed by atoms with Crippen LogP contribution in [0.25, 0.3) is 0 Å². The van der Waals surface area contributed by atoms with Gasteiger partial charge in [-0.15, -0.1) is 0 Å². The van der Waals surface area contributed by atoms with Gasteiger partial charge in [0.2, 0.25) is 0 Å². The maximum absolute atomic E-state index is 2.66. The Hall–Kier alpha value is 0.610. The lowest BCUT2D eigenvalue weighted by atomic mass is 10.0. The molecule has 2 fully saturated rings. The Morgan fingerprint density at radius 3 is 2.19 bits per heavy atom. The minimum Gasteiger partial charge on any atom is -0.306 e. The van der Waals surface area contributed by atoms with Crippen LogP contribution in [0.2, 0.25) is 0 Å². The average molecular weight is 337 g/mol. The second-order valence-corrected chi connectivity index (χ2v) is 7.60. The first kappa shape index (κ1) is 13.1. The van der Waals surface area contributed by atoms with Crippen LogP contribution in [0.5, 0.6) is 0 Å². The molecule has 0 amide bonds. The Morgan fingerprint density at radius 2 is 1.69 bits per heavy atom. The monoisotopic (exact) mass is 337 g/mol. The van der Waals surface area contributed by atoms with E-state index >= 15 is 0 Å². The number of alkyl halides is 1. The van der Waals surface area contributed by atoms with Crippen molar-refractivity contribution in [2.45, 2.75) is 10.8 Å². The van der Waals surface area contributed by atoms with Crippen molar-refractivity contribution in [2.24, 2.45) is 5.92 Å². The second kappa shape index (κ2) is 5.98. The average Bonchev–Trinajstić information content (AvgIpc) is 2.18. The molecule has 94 valence electrons. The Labute approximate surface area is 113 Å². The molecule has 0 aliphatic carbocycles. The van der Waals surface area contributed by atoms with Crippen LogP contribution in [0.1, 0.15) is 6.92 Å². The van der Waals surface area contributed by atoms with Crippen LogP contribution in [0.4, 0.5) is 0 Å². The van der Waals surface area contributed by atoms with E-state index in [1.54, 1.807) is 0 Å². The largest absolute Gasteiger partial charge is 0.306 e. The van der Waals surface area contributed by atoms with E-state index in [2.05, 4.69) is 51.3 Å². The Bertz CT molecular complexity index is 208. The zero-order chi connectivity index (χ0) is 11.5. The molecule has 4 heteroatoms. The van der Waals surface area contributed by atoms with E-state index < -0.39 is 0 Å². The minimum atomic E-state index is 0.782. The zero-order valence-corrected chi connectivity index (χ0v) is 12.7. The Balaban J connectivity index is 1.61. The lowest BCUT2D eigenvalue weighted by Gasteiger charge is -2.42. The van der Waals surface area contributed by atoms with E-state index in [0.29, 0.717) is 0 Å². The highest BCUT2D eigenvalue weighted by Gasteiger charge is 2.26. The molecule has 2 aliphatic heterocycles. The Morgan fingerprint density at radius 1 is 1.12 bits per heavy atom. The fraction of sp³-hybridized carbons (Fsp3) is 1.00. The van der Waals surface area contributed by atoms with Gasteiger partial charge in [-0.25, -0.2) is 0 Å². The van der Waals surface area contributed by atoms with Gasteiger partial charge in [-0.05, 0) is 13.0 Å². The molecule has 2 saturated heterocycles. The van der Waals surface area contributed by atoms with Gasteiger partial charge in [-0.3, -0.25) is 4.90 Å². The zero-order valence-electron chi connectivity index (χ0n) is 10.5. The van der Waals surface area contributed by atoms with Gasteiger partial charge in [0, 0.05) is 56.3 Å². The van der Waals surface area contributed by atoms with Crippen LogP contribution >= 0.6 is 22.6 Å². The van der Waals surface area contributed by atoms with E-state index in [9.17, 15) is 0 Å². The summed E-state index contributed by atoms with van der Waals surface area (Å²) < 4.78 is 0.782. The SMILES string of the molecule is CC(I)CN1CCN(CC2CN(C)C2)CC1. The highest BCUT2D eigenvalue weighted by atomic mass is 127. The Kier molecular flexibility index (Phi) is 4.88. The number of hydrogen-bond donors (Lipinski definition) is 0. The molecule has 0 saturated carbocycles. The maximum atomic E-state index is 2.66. The summed E-state index contributed by atoms with van der Waals surface area (Å²) in [7, 11) is 2.22. The van der Waals surface area contributed by atoms with Crippen LogP contribution in [0, 0.1) is 5.92 Å². The van der Waals surface area contributed by atoms with Crippen LogP contribution in [0.15, 0.2) is 0 Å². The molecular formula is C12H24IN3. The van der Waals surface area contributed by atoms with Crippen LogP contribution in [-0.4, -0.2) is 78.0 Å². The summed E-state index contributed by atoms with van der Waals surface area (Å²) in [5.74, 6) is 0.944. The van der Waals surface area contributed by atoms with Crippen LogP contribution in [-0.2, 0) is 0 Å². The molecule has 0 N–H and O–H groups in total. The molecule has 2 rings (SSSR count). The molecule has 0 aromatic carbocycles. The van der Waals surface area contributed by atoms with Crippen LogP contribution < -0.4 is 0 Å². The summed E-state index contributed by atoms with van der Waals surface area (Å²) in [4.78, 5) is 7.69. The number of hydrogen-bond acceptors (Lipinski definition) is 3. The van der Waals surface area contributed by atoms with Gasteiger partial charge < -0.3 is 9.80 Å². The summed E-state index contributed by atoms with van der Waals surface area (Å²) in [5.41, 5.74) is 0. The predicted molar refractivity (Wildman–Crippen MR) is 77.3 cm³/mol. The first-order valence-corrected chi connectivity index (χ1v) is 7.65. The molecule has 0 bridgehead atoms. The molecule has 3 nitrogen and oxygen atoms in total. The molecule has 0 aromatic heterocycles. The standard InChI is InChI=1S/C12H24IN3/c1-11(13)7-15-3-5-16(6-4-15)10-12-8-14(2)9-12/h11-12H,3-10H2,1-2H3. The number of nitrogens with zero attached hydrogens (tertiary/aromatic N) is 3. The van der Waals surface area contributed by atoms with Crippen molar-refractivity contribution in [3.8, 4) is 0 Å². The molecule has 1 atom stereocenters. The number of rotatable bonds is 4. The van der Waals surface area contributed by atoms with Gasteiger partial charge in [0.25, 0.3) is 0 Å². The van der Waals surface area contributed by atoms with Crippen LogP contribution in [0.3, 0.4) is 0 Å². The van der Waals surface area contributed by atoms with E-state index in [1.807, 2.05) is 0 Å². The molecule has 2 aliphatic rings. The first-order chi connectivity index (χ1) is 7.63. The third-order valence-corrected chi connectivity index (χ3v) is 4.02. The molecule has 2 heterocycles. The van der Waals surface area contributed by atoms with E-state index in [1.165, 1.54) is 52.4 Å². The smallest absolute Gasteiger partial charge is 0.0209 e. The van der Waals surface area contributed by atoms with Gasteiger partial charge in [0.05, 0.1) is 0 Å². The quantitative estimate of drug-likeness (QED) is 0.560. The van der Waals surface area contributed by atoms with E-state index in [4.69, 9.17) is 0 Å². The molecule has 0 aromatic rings. The van der Waals surface area contributed by atoms with Gasteiger partial charge >= 0.3 is 0 Å². The summed E-state index contributed by atoms with van der Waals surface area (Å²) >= 11 is 2.53. The maximum Gasteiger partial charge on any atom is 0.0209 e. The van der Waals surface area contributed by atoms with Crippen molar-refractivity contribution in [3.05, 3.63) is 0 Å². The summed E-state index contributed by atoms with van der Waals surface area (Å²) in [6.45, 7) is 12.6. The number of likely N-dealkylation sites (tertiary alicyclic amines) is 1. The molecule has 16 heavy (non-hydrogen) atoms. The van der Waals surface area contributed by atoms with Crippen molar-refractivity contribution in [1.82, 2.24) is 14.7 Å². The van der Waals surface area contributed by atoms with Gasteiger partial charge in [0.1, 0.15) is 0 Å². The normalized spacial score (nSPS) is 27.9. The van der Waals surface area contributed by atoms with Crippen molar-refractivity contribution in [3.63, 3.8) is 0 Å². The lowest BCUT2D eigenvalue weighted by molar-refractivity contribution is 0.0626. The molecular weight excluding hydrogens is 313 g/mol. The van der Waals surface area contributed by atoms with Crippen molar-refractivity contribution in [1.29, 1.82) is 0 Å². The summed E-state index contributed by atoms with van der Waals surface area (Å²) in [6, 6.07) is 0. The van der Waals surface area contributed by atoms with Crippen molar-refractivity contribution >= 4 is 22.6 Å². The molecule has 1 unspecified atom stereocenters. The molecule has 0 spiro atoms.